The van der Waals surface area contributed by atoms with Crippen molar-refractivity contribution in [1.82, 2.24) is 4.31 Å². The Morgan fingerprint density at radius 2 is 1.78 bits per heavy atom. The highest BCUT2D eigenvalue weighted by Crippen LogP contribution is 2.21. The lowest BCUT2D eigenvalue weighted by Crippen LogP contribution is -2.34. The third-order valence-electron chi connectivity index (χ3n) is 2.44. The Bertz CT molecular complexity index is 502. The molecular weight excluding hydrogens is 300 g/mol. The maximum atomic E-state index is 13.2. The summed E-state index contributed by atoms with van der Waals surface area (Å²) in [6.45, 7) is 1.91. The van der Waals surface area contributed by atoms with Gasteiger partial charge in [0.15, 0.2) is 0 Å². The first-order valence-electron chi connectivity index (χ1n) is 5.31. The normalized spacial score (nSPS) is 12.1. The number of halogens is 3. The molecule has 0 N–H and O–H groups in total. The molecule has 1 aromatic carbocycles. The zero-order valence-corrected chi connectivity index (χ0v) is 12.2. The minimum absolute atomic E-state index is 0.0438. The van der Waals surface area contributed by atoms with E-state index in [-0.39, 0.29) is 29.7 Å². The van der Waals surface area contributed by atoms with Gasteiger partial charge < -0.3 is 0 Å². The Morgan fingerprint density at radius 1 is 1.22 bits per heavy atom. The molecule has 0 unspecified atom stereocenters. The van der Waals surface area contributed by atoms with Crippen molar-refractivity contribution in [1.29, 1.82) is 0 Å². The van der Waals surface area contributed by atoms with Gasteiger partial charge in [0.2, 0.25) is 10.0 Å². The van der Waals surface area contributed by atoms with Gasteiger partial charge in [-0.05, 0) is 24.6 Å². The second-order valence-electron chi connectivity index (χ2n) is 3.69. The first kappa shape index (κ1) is 15.7. The number of hydrogen-bond donors (Lipinski definition) is 0. The molecule has 1 rings (SSSR count). The number of aryl methyl sites for hydroxylation is 1. The summed E-state index contributed by atoms with van der Waals surface area (Å²) in [4.78, 5) is -0.0438. The molecule has 0 aliphatic carbocycles. The van der Waals surface area contributed by atoms with Crippen LogP contribution in [0.1, 0.15) is 5.56 Å². The van der Waals surface area contributed by atoms with E-state index in [4.69, 9.17) is 23.2 Å². The van der Waals surface area contributed by atoms with Crippen molar-refractivity contribution in [3.63, 3.8) is 0 Å². The molecule has 0 saturated carbocycles. The lowest BCUT2D eigenvalue weighted by atomic mass is 10.2. The van der Waals surface area contributed by atoms with Crippen molar-refractivity contribution in [2.24, 2.45) is 0 Å². The van der Waals surface area contributed by atoms with Gasteiger partial charge >= 0.3 is 0 Å². The molecule has 102 valence electrons. The summed E-state index contributed by atoms with van der Waals surface area (Å²) in [5.74, 6) is -0.273. The van der Waals surface area contributed by atoms with Crippen LogP contribution in [-0.2, 0) is 10.0 Å². The van der Waals surface area contributed by atoms with E-state index in [9.17, 15) is 12.8 Å². The lowest BCUT2D eigenvalue weighted by Gasteiger charge is -2.21. The number of hydrogen-bond acceptors (Lipinski definition) is 2. The van der Waals surface area contributed by atoms with Gasteiger partial charge in [-0.3, -0.25) is 0 Å². The molecule has 0 fully saturated rings. The highest BCUT2D eigenvalue weighted by atomic mass is 35.5. The Balaban J connectivity index is 3.21. The van der Waals surface area contributed by atoms with Crippen molar-refractivity contribution >= 4 is 33.2 Å². The van der Waals surface area contributed by atoms with Gasteiger partial charge in [0.1, 0.15) is 5.82 Å². The average Bonchev–Trinajstić information content (AvgIpc) is 2.32. The average molecular weight is 314 g/mol. The number of sulfonamides is 1. The van der Waals surface area contributed by atoms with Gasteiger partial charge in [0.05, 0.1) is 4.90 Å². The molecule has 0 heterocycles. The summed E-state index contributed by atoms with van der Waals surface area (Å²) >= 11 is 11.1. The Kier molecular flexibility index (Phi) is 5.85. The van der Waals surface area contributed by atoms with Crippen LogP contribution in [0.15, 0.2) is 23.1 Å². The van der Waals surface area contributed by atoms with Crippen molar-refractivity contribution in [3.8, 4) is 0 Å². The molecule has 7 heteroatoms. The first-order chi connectivity index (χ1) is 8.43. The fourth-order valence-corrected chi connectivity index (χ4v) is 3.82. The Hall–Kier alpha value is -0.360. The summed E-state index contributed by atoms with van der Waals surface area (Å²) in [5, 5.41) is 0. The van der Waals surface area contributed by atoms with Gasteiger partial charge in [-0.25, -0.2) is 12.8 Å². The number of benzene rings is 1. The maximum Gasteiger partial charge on any atom is 0.243 e. The summed E-state index contributed by atoms with van der Waals surface area (Å²) in [7, 11) is -3.75. The largest absolute Gasteiger partial charge is 0.243 e. The molecule has 0 aliphatic heterocycles. The molecule has 0 aromatic heterocycles. The zero-order valence-electron chi connectivity index (χ0n) is 9.87. The van der Waals surface area contributed by atoms with Gasteiger partial charge in [0, 0.05) is 24.8 Å². The van der Waals surface area contributed by atoms with E-state index in [0.29, 0.717) is 5.56 Å². The highest BCUT2D eigenvalue weighted by Gasteiger charge is 2.25. The van der Waals surface area contributed by atoms with E-state index in [1.807, 2.05) is 0 Å². The lowest BCUT2D eigenvalue weighted by molar-refractivity contribution is 0.447. The number of rotatable bonds is 6. The third-order valence-corrected chi connectivity index (χ3v) is 4.81. The third kappa shape index (κ3) is 3.57. The van der Waals surface area contributed by atoms with E-state index < -0.39 is 15.8 Å². The molecule has 0 amide bonds. The van der Waals surface area contributed by atoms with Gasteiger partial charge in [-0.15, -0.1) is 23.2 Å². The summed E-state index contributed by atoms with van der Waals surface area (Å²) in [6, 6.07) is 3.67. The minimum Gasteiger partial charge on any atom is -0.207 e. The topological polar surface area (TPSA) is 37.4 Å². The van der Waals surface area contributed by atoms with Crippen LogP contribution in [0.4, 0.5) is 4.39 Å². The predicted octanol–water partition coefficient (Wildman–Crippen LogP) is 2.60. The minimum atomic E-state index is -3.75. The molecule has 3 nitrogen and oxygen atoms in total. The van der Waals surface area contributed by atoms with Crippen LogP contribution in [0.2, 0.25) is 0 Å². The number of nitrogens with zero attached hydrogens (tertiary/aromatic N) is 1. The van der Waals surface area contributed by atoms with Crippen molar-refractivity contribution in [2.75, 3.05) is 24.8 Å². The molecule has 0 saturated heterocycles. The second-order valence-corrected chi connectivity index (χ2v) is 6.35. The zero-order chi connectivity index (χ0) is 13.8. The van der Waals surface area contributed by atoms with Crippen LogP contribution in [0, 0.1) is 12.7 Å². The molecule has 0 aliphatic rings. The van der Waals surface area contributed by atoms with Crippen molar-refractivity contribution < 1.29 is 12.8 Å². The summed E-state index contributed by atoms with van der Waals surface area (Å²) < 4.78 is 39.0. The molecule has 0 atom stereocenters. The van der Waals surface area contributed by atoms with Crippen molar-refractivity contribution in [3.05, 3.63) is 29.6 Å². The molecule has 0 radical (unpaired) electrons. The van der Waals surface area contributed by atoms with Crippen molar-refractivity contribution in [2.45, 2.75) is 11.8 Å². The molecule has 0 bridgehead atoms. The molecule has 18 heavy (non-hydrogen) atoms. The van der Waals surface area contributed by atoms with Crippen LogP contribution < -0.4 is 0 Å². The van der Waals surface area contributed by atoms with E-state index in [1.54, 1.807) is 6.92 Å². The number of alkyl halides is 2. The SMILES string of the molecule is Cc1ccc(F)cc1S(=O)(=O)N(CCCl)CCCl. The van der Waals surface area contributed by atoms with E-state index in [2.05, 4.69) is 0 Å². The van der Waals surface area contributed by atoms with Gasteiger partial charge in [-0.1, -0.05) is 6.07 Å². The van der Waals surface area contributed by atoms with Crippen LogP contribution in [0.5, 0.6) is 0 Å². The van der Waals surface area contributed by atoms with Crippen LogP contribution in [0.3, 0.4) is 0 Å². The summed E-state index contributed by atoms with van der Waals surface area (Å²) in [5.41, 5.74) is 0.491. The van der Waals surface area contributed by atoms with E-state index in [0.717, 1.165) is 10.4 Å². The van der Waals surface area contributed by atoms with Crippen LogP contribution >= 0.6 is 23.2 Å². The fourth-order valence-electron chi connectivity index (χ4n) is 1.53. The van der Waals surface area contributed by atoms with E-state index in [1.165, 1.54) is 12.1 Å². The highest BCUT2D eigenvalue weighted by molar-refractivity contribution is 7.89. The molecule has 1 aromatic rings. The standard InChI is InChI=1S/C11H14Cl2FNO2S/c1-9-2-3-10(14)8-11(9)18(16,17)15(6-4-12)7-5-13/h2-3,8H,4-7H2,1H3. The monoisotopic (exact) mass is 313 g/mol. The Labute approximate surface area is 117 Å². The van der Waals surface area contributed by atoms with Gasteiger partial charge in [0.25, 0.3) is 0 Å². The second kappa shape index (κ2) is 6.70. The van der Waals surface area contributed by atoms with Gasteiger partial charge in [-0.2, -0.15) is 4.31 Å². The summed E-state index contributed by atoms with van der Waals surface area (Å²) in [6.07, 6.45) is 0. The quantitative estimate of drug-likeness (QED) is 0.757. The van der Waals surface area contributed by atoms with Crippen LogP contribution in [0.25, 0.3) is 0 Å². The maximum absolute atomic E-state index is 13.2. The van der Waals surface area contributed by atoms with Crippen LogP contribution in [-0.4, -0.2) is 37.6 Å². The predicted molar refractivity (Wildman–Crippen MR) is 71.3 cm³/mol. The van der Waals surface area contributed by atoms with E-state index >= 15 is 0 Å². The smallest absolute Gasteiger partial charge is 0.207 e. The Morgan fingerprint density at radius 3 is 2.28 bits per heavy atom. The fraction of sp³-hybridized carbons (Fsp3) is 0.455. The molecule has 0 spiro atoms. The molecular formula is C11H14Cl2FNO2S. The first-order valence-corrected chi connectivity index (χ1v) is 7.82.